The number of carbonyl (C=O) groups excluding carboxylic acids is 2. The minimum Gasteiger partial charge on any atom is -0.480 e. The van der Waals surface area contributed by atoms with Crippen LogP contribution in [0.3, 0.4) is 0 Å². The maximum absolute atomic E-state index is 12.5. The quantitative estimate of drug-likeness (QED) is 0.516. The molecule has 1 atom stereocenters. The summed E-state index contributed by atoms with van der Waals surface area (Å²) in [5.74, 6) is -1.23. The van der Waals surface area contributed by atoms with Crippen LogP contribution in [0.2, 0.25) is 0 Å². The van der Waals surface area contributed by atoms with E-state index in [9.17, 15) is 19.5 Å². The SMILES string of the molecule is CC(C)[C@@H](NC(=O)C1CCC(CNC(=O)OCC2c3ccccc3-c3ccccc32)CC1)C(=O)O. The number of nitrogens with one attached hydrogen (secondary N) is 2. The van der Waals surface area contributed by atoms with Crippen molar-refractivity contribution in [2.75, 3.05) is 13.2 Å². The Bertz CT molecular complexity index is 1030. The first kappa shape index (κ1) is 24.8. The Morgan fingerprint density at radius 2 is 1.51 bits per heavy atom. The lowest BCUT2D eigenvalue weighted by Crippen LogP contribution is -2.47. The fourth-order valence-corrected chi connectivity index (χ4v) is 5.29. The van der Waals surface area contributed by atoms with Crippen LogP contribution in [0.25, 0.3) is 11.1 Å². The molecular weight excluding hydrogens is 444 g/mol. The number of carboxylic acids is 1. The van der Waals surface area contributed by atoms with E-state index in [0.29, 0.717) is 19.4 Å². The molecule has 0 heterocycles. The monoisotopic (exact) mass is 478 g/mol. The number of carbonyl (C=O) groups is 3. The Morgan fingerprint density at radius 1 is 0.943 bits per heavy atom. The van der Waals surface area contributed by atoms with Gasteiger partial charge in [-0.25, -0.2) is 9.59 Å². The van der Waals surface area contributed by atoms with Gasteiger partial charge in [0.1, 0.15) is 12.6 Å². The fraction of sp³-hybridized carbons (Fsp3) is 0.464. The van der Waals surface area contributed by atoms with Crippen molar-refractivity contribution in [2.24, 2.45) is 17.8 Å². The van der Waals surface area contributed by atoms with Crippen molar-refractivity contribution >= 4 is 18.0 Å². The van der Waals surface area contributed by atoms with E-state index in [1.165, 1.54) is 22.3 Å². The van der Waals surface area contributed by atoms with Gasteiger partial charge >= 0.3 is 12.1 Å². The van der Waals surface area contributed by atoms with Crippen molar-refractivity contribution in [3.05, 3.63) is 59.7 Å². The number of aliphatic carboxylic acids is 1. The number of ether oxygens (including phenoxy) is 1. The van der Waals surface area contributed by atoms with Gasteiger partial charge in [-0.05, 0) is 59.8 Å². The zero-order valence-corrected chi connectivity index (χ0v) is 20.3. The van der Waals surface area contributed by atoms with Crippen LogP contribution in [0.1, 0.15) is 56.6 Å². The molecular formula is C28H34N2O5. The van der Waals surface area contributed by atoms with E-state index in [1.807, 2.05) is 24.3 Å². The normalized spacial score (nSPS) is 20.0. The Labute approximate surface area is 206 Å². The Hall–Kier alpha value is -3.35. The van der Waals surface area contributed by atoms with Gasteiger partial charge in [-0.1, -0.05) is 62.4 Å². The number of fused-ring (bicyclic) bond motifs is 3. The first-order valence-electron chi connectivity index (χ1n) is 12.5. The number of rotatable bonds is 8. The Balaban J connectivity index is 1.22. The van der Waals surface area contributed by atoms with E-state index >= 15 is 0 Å². The second kappa shape index (κ2) is 10.9. The first-order valence-corrected chi connectivity index (χ1v) is 12.5. The zero-order valence-electron chi connectivity index (χ0n) is 20.3. The highest BCUT2D eigenvalue weighted by molar-refractivity contribution is 5.85. The molecule has 1 saturated carbocycles. The van der Waals surface area contributed by atoms with Crippen molar-refractivity contribution < 1.29 is 24.2 Å². The van der Waals surface area contributed by atoms with Gasteiger partial charge in [0, 0.05) is 18.4 Å². The van der Waals surface area contributed by atoms with E-state index in [4.69, 9.17) is 4.74 Å². The van der Waals surface area contributed by atoms with Crippen molar-refractivity contribution in [3.8, 4) is 11.1 Å². The van der Waals surface area contributed by atoms with E-state index in [2.05, 4.69) is 34.9 Å². The minimum atomic E-state index is -1.01. The Kier molecular flexibility index (Phi) is 7.73. The van der Waals surface area contributed by atoms with E-state index in [0.717, 1.165) is 12.8 Å². The molecule has 2 aromatic carbocycles. The highest BCUT2D eigenvalue weighted by Gasteiger charge is 2.31. The highest BCUT2D eigenvalue weighted by atomic mass is 16.5. The van der Waals surface area contributed by atoms with Crippen molar-refractivity contribution in [2.45, 2.75) is 51.5 Å². The van der Waals surface area contributed by atoms with Crippen LogP contribution in [-0.4, -0.2) is 42.3 Å². The molecule has 0 aromatic heterocycles. The number of carboxylic acid groups (broad SMARTS) is 1. The predicted octanol–water partition coefficient (Wildman–Crippen LogP) is 4.56. The van der Waals surface area contributed by atoms with Crippen LogP contribution in [0.4, 0.5) is 4.79 Å². The zero-order chi connectivity index (χ0) is 24.9. The molecule has 7 heteroatoms. The third-order valence-electron chi connectivity index (χ3n) is 7.33. The van der Waals surface area contributed by atoms with Gasteiger partial charge in [-0.15, -0.1) is 0 Å². The van der Waals surface area contributed by atoms with Crippen LogP contribution < -0.4 is 10.6 Å². The van der Waals surface area contributed by atoms with Gasteiger partial charge in [-0.2, -0.15) is 0 Å². The van der Waals surface area contributed by atoms with Crippen LogP contribution in [0.15, 0.2) is 48.5 Å². The summed E-state index contributed by atoms with van der Waals surface area (Å²) in [5.41, 5.74) is 4.75. The molecule has 3 N–H and O–H groups in total. The molecule has 2 amide bonds. The molecule has 35 heavy (non-hydrogen) atoms. The average molecular weight is 479 g/mol. The summed E-state index contributed by atoms with van der Waals surface area (Å²) in [6, 6.07) is 15.6. The lowest BCUT2D eigenvalue weighted by Gasteiger charge is -2.29. The molecule has 2 aromatic rings. The molecule has 2 aliphatic rings. The molecule has 2 aliphatic carbocycles. The van der Waals surface area contributed by atoms with Gasteiger partial charge < -0.3 is 20.5 Å². The van der Waals surface area contributed by atoms with Crippen LogP contribution in [0, 0.1) is 17.8 Å². The lowest BCUT2D eigenvalue weighted by molar-refractivity contribution is -0.144. The maximum Gasteiger partial charge on any atom is 0.407 e. The Morgan fingerprint density at radius 3 is 2.06 bits per heavy atom. The summed E-state index contributed by atoms with van der Waals surface area (Å²) < 4.78 is 5.61. The van der Waals surface area contributed by atoms with E-state index in [1.54, 1.807) is 13.8 Å². The molecule has 7 nitrogen and oxygen atoms in total. The standard InChI is InChI=1S/C28H34N2O5/c1-17(2)25(27(32)33)30-26(31)19-13-11-18(12-14-19)15-29-28(34)35-16-24-22-9-5-3-7-20(22)21-8-4-6-10-23(21)24/h3-10,17-19,24-25H,11-16H2,1-2H3,(H,29,34)(H,30,31)(H,32,33)/t18?,19?,25-/m1/s1. The summed E-state index contributed by atoms with van der Waals surface area (Å²) in [6.45, 7) is 4.36. The number of benzene rings is 2. The third-order valence-corrected chi connectivity index (χ3v) is 7.33. The first-order chi connectivity index (χ1) is 16.8. The second-order valence-electron chi connectivity index (χ2n) is 9.99. The topological polar surface area (TPSA) is 105 Å². The summed E-state index contributed by atoms with van der Waals surface area (Å²) in [6.07, 6.45) is 2.57. The molecule has 186 valence electrons. The second-order valence-corrected chi connectivity index (χ2v) is 9.99. The molecule has 0 radical (unpaired) electrons. The summed E-state index contributed by atoms with van der Waals surface area (Å²) >= 11 is 0. The molecule has 0 saturated heterocycles. The molecule has 0 aliphatic heterocycles. The highest BCUT2D eigenvalue weighted by Crippen LogP contribution is 2.44. The van der Waals surface area contributed by atoms with E-state index in [-0.39, 0.29) is 36.2 Å². The van der Waals surface area contributed by atoms with Gasteiger partial charge in [0.15, 0.2) is 0 Å². The summed E-state index contributed by atoms with van der Waals surface area (Å²) in [5, 5.41) is 14.9. The van der Waals surface area contributed by atoms with Crippen molar-refractivity contribution in [1.29, 1.82) is 0 Å². The number of alkyl carbamates (subject to hydrolysis) is 1. The average Bonchev–Trinajstić information content (AvgIpc) is 3.18. The molecule has 0 unspecified atom stereocenters. The van der Waals surface area contributed by atoms with Gasteiger partial charge in [-0.3, -0.25) is 4.79 Å². The predicted molar refractivity (Wildman–Crippen MR) is 133 cm³/mol. The molecule has 4 rings (SSSR count). The van der Waals surface area contributed by atoms with Crippen molar-refractivity contribution in [3.63, 3.8) is 0 Å². The summed E-state index contributed by atoms with van der Waals surface area (Å²) in [4.78, 5) is 36.3. The lowest BCUT2D eigenvalue weighted by atomic mass is 9.81. The van der Waals surface area contributed by atoms with Gasteiger partial charge in [0.25, 0.3) is 0 Å². The van der Waals surface area contributed by atoms with Crippen LogP contribution in [0.5, 0.6) is 0 Å². The fourth-order valence-electron chi connectivity index (χ4n) is 5.29. The van der Waals surface area contributed by atoms with Crippen molar-refractivity contribution in [1.82, 2.24) is 10.6 Å². The number of hydrogen-bond acceptors (Lipinski definition) is 4. The van der Waals surface area contributed by atoms with Gasteiger partial charge in [0.2, 0.25) is 5.91 Å². The van der Waals surface area contributed by atoms with Crippen LogP contribution >= 0.6 is 0 Å². The number of amides is 2. The molecule has 0 bridgehead atoms. The minimum absolute atomic E-state index is 0.0302. The van der Waals surface area contributed by atoms with Gasteiger partial charge in [0.05, 0.1) is 0 Å². The smallest absolute Gasteiger partial charge is 0.407 e. The third kappa shape index (κ3) is 5.66. The largest absolute Gasteiger partial charge is 0.480 e. The summed E-state index contributed by atoms with van der Waals surface area (Å²) in [7, 11) is 0. The van der Waals surface area contributed by atoms with Crippen LogP contribution in [-0.2, 0) is 14.3 Å². The van der Waals surface area contributed by atoms with E-state index < -0.39 is 18.1 Å². The molecule has 0 spiro atoms. The maximum atomic E-state index is 12.5. The number of hydrogen-bond donors (Lipinski definition) is 3. The molecule has 1 fully saturated rings.